The Bertz CT molecular complexity index is 647. The van der Waals surface area contributed by atoms with Gasteiger partial charge in [0.1, 0.15) is 5.82 Å². The van der Waals surface area contributed by atoms with E-state index in [1.54, 1.807) is 12.5 Å². The zero-order valence-corrected chi connectivity index (χ0v) is 11.9. The van der Waals surface area contributed by atoms with Gasteiger partial charge in [-0.3, -0.25) is 9.78 Å². The van der Waals surface area contributed by atoms with Crippen LogP contribution >= 0.6 is 0 Å². The zero-order valence-electron chi connectivity index (χ0n) is 11.9. The fourth-order valence-corrected chi connectivity index (χ4v) is 2.90. The van der Waals surface area contributed by atoms with E-state index >= 15 is 0 Å². The molecule has 7 heteroatoms. The number of aromatic nitrogens is 3. The molecule has 3 atom stereocenters. The summed E-state index contributed by atoms with van der Waals surface area (Å²) in [5, 5.41) is 12.9. The van der Waals surface area contributed by atoms with Gasteiger partial charge in [0.2, 0.25) is 0 Å². The van der Waals surface area contributed by atoms with Crippen LogP contribution in [0.3, 0.4) is 0 Å². The zero-order chi connectivity index (χ0) is 15.5. The molecule has 0 aromatic carbocycles. The minimum Gasteiger partial charge on any atom is -0.391 e. The lowest BCUT2D eigenvalue weighted by Crippen LogP contribution is -2.40. The maximum Gasteiger partial charge on any atom is 0.253 e. The first-order valence-electron chi connectivity index (χ1n) is 7.17. The van der Waals surface area contributed by atoms with Crippen molar-refractivity contribution in [3.8, 4) is 0 Å². The number of hydrogen-bond donors (Lipinski definition) is 2. The van der Waals surface area contributed by atoms with Crippen LogP contribution in [-0.4, -0.2) is 37.7 Å². The van der Waals surface area contributed by atoms with E-state index in [4.69, 9.17) is 0 Å². The van der Waals surface area contributed by atoms with Crippen LogP contribution < -0.4 is 5.32 Å². The molecule has 22 heavy (non-hydrogen) atoms. The molecule has 1 amide bonds. The van der Waals surface area contributed by atoms with Gasteiger partial charge < -0.3 is 15.0 Å². The Morgan fingerprint density at radius 3 is 3.00 bits per heavy atom. The average molecular weight is 304 g/mol. The lowest BCUT2D eigenvalue weighted by molar-refractivity contribution is 0.0872. The number of imidazole rings is 1. The predicted octanol–water partition coefficient (Wildman–Crippen LogP) is 0.987. The molecule has 1 fully saturated rings. The highest BCUT2D eigenvalue weighted by Gasteiger charge is 2.34. The summed E-state index contributed by atoms with van der Waals surface area (Å²) in [6.07, 6.45) is 8.36. The number of aliphatic hydroxyl groups excluding tert-OH is 1. The molecule has 2 N–H and O–H groups in total. The number of amides is 1. The summed E-state index contributed by atoms with van der Waals surface area (Å²) in [5.41, 5.74) is 0.158. The van der Waals surface area contributed by atoms with E-state index in [1.807, 2.05) is 10.8 Å². The Labute approximate surface area is 127 Å². The van der Waals surface area contributed by atoms with Crippen molar-refractivity contribution in [1.82, 2.24) is 19.9 Å². The molecular weight excluding hydrogens is 287 g/mol. The number of rotatable bonds is 4. The van der Waals surface area contributed by atoms with E-state index in [2.05, 4.69) is 15.3 Å². The minimum absolute atomic E-state index is 0.158. The monoisotopic (exact) mass is 304 g/mol. The number of aliphatic hydroxyl groups is 1. The van der Waals surface area contributed by atoms with Crippen molar-refractivity contribution in [3.63, 3.8) is 0 Å². The van der Waals surface area contributed by atoms with Crippen molar-refractivity contribution in [2.24, 2.45) is 5.92 Å². The molecule has 1 saturated carbocycles. The number of carbonyl (C=O) groups excluding carboxylic acids is 1. The van der Waals surface area contributed by atoms with Crippen LogP contribution in [-0.2, 0) is 6.54 Å². The SMILES string of the molecule is O=C(N[C@@H]1CC(Cn2ccnc2)C[C@H]1O)c1cncc(F)c1. The van der Waals surface area contributed by atoms with Crippen LogP contribution in [0.15, 0.2) is 37.2 Å². The average Bonchev–Trinajstić information content (AvgIpc) is 3.10. The van der Waals surface area contributed by atoms with Gasteiger partial charge in [-0.1, -0.05) is 0 Å². The molecule has 1 aliphatic rings. The van der Waals surface area contributed by atoms with Crippen molar-refractivity contribution in [2.45, 2.75) is 31.5 Å². The number of nitrogens with one attached hydrogen (secondary N) is 1. The number of halogens is 1. The van der Waals surface area contributed by atoms with E-state index in [0.717, 1.165) is 18.8 Å². The van der Waals surface area contributed by atoms with E-state index < -0.39 is 17.8 Å². The van der Waals surface area contributed by atoms with Gasteiger partial charge in [-0.05, 0) is 24.8 Å². The van der Waals surface area contributed by atoms with Crippen molar-refractivity contribution in [1.29, 1.82) is 0 Å². The van der Waals surface area contributed by atoms with Crippen molar-refractivity contribution < 1.29 is 14.3 Å². The summed E-state index contributed by atoms with van der Waals surface area (Å²) >= 11 is 0. The van der Waals surface area contributed by atoms with Crippen LogP contribution in [0.2, 0.25) is 0 Å². The van der Waals surface area contributed by atoms with Crippen molar-refractivity contribution in [2.75, 3.05) is 0 Å². The third kappa shape index (κ3) is 3.30. The summed E-state index contributed by atoms with van der Waals surface area (Å²) in [4.78, 5) is 19.7. The molecule has 1 unspecified atom stereocenters. The van der Waals surface area contributed by atoms with E-state index in [0.29, 0.717) is 12.8 Å². The van der Waals surface area contributed by atoms with E-state index in [1.165, 1.54) is 6.20 Å². The Hall–Kier alpha value is -2.28. The first-order valence-corrected chi connectivity index (χ1v) is 7.17. The predicted molar refractivity (Wildman–Crippen MR) is 76.4 cm³/mol. The Morgan fingerprint density at radius 1 is 1.41 bits per heavy atom. The van der Waals surface area contributed by atoms with Gasteiger partial charge in [-0.15, -0.1) is 0 Å². The van der Waals surface area contributed by atoms with Gasteiger partial charge in [0, 0.05) is 25.1 Å². The van der Waals surface area contributed by atoms with E-state index in [9.17, 15) is 14.3 Å². The highest BCUT2D eigenvalue weighted by molar-refractivity contribution is 5.94. The topological polar surface area (TPSA) is 80.0 Å². The summed E-state index contributed by atoms with van der Waals surface area (Å²) in [6, 6.07) is 0.802. The van der Waals surface area contributed by atoms with Gasteiger partial charge in [0.05, 0.1) is 30.2 Å². The van der Waals surface area contributed by atoms with Gasteiger partial charge in [-0.25, -0.2) is 9.37 Å². The Kier molecular flexibility index (Phi) is 4.15. The smallest absolute Gasteiger partial charge is 0.253 e. The first kappa shape index (κ1) is 14.6. The lowest BCUT2D eigenvalue weighted by Gasteiger charge is -2.16. The third-order valence-corrected chi connectivity index (χ3v) is 3.94. The Balaban J connectivity index is 1.59. The molecule has 2 aromatic heterocycles. The standard InChI is InChI=1S/C15H17FN4O2/c16-12-5-11(6-18-7-12)15(22)19-13-3-10(4-14(13)21)8-20-2-1-17-9-20/h1-2,5-7,9-10,13-14,21H,3-4,8H2,(H,19,22)/t10?,13-,14-/m1/s1. The number of carbonyl (C=O) groups is 1. The number of hydrogen-bond acceptors (Lipinski definition) is 4. The van der Waals surface area contributed by atoms with Gasteiger partial charge in [0.15, 0.2) is 0 Å². The molecule has 0 radical (unpaired) electrons. The lowest BCUT2D eigenvalue weighted by atomic mass is 10.1. The molecule has 2 aromatic rings. The van der Waals surface area contributed by atoms with Crippen LogP contribution in [0, 0.1) is 11.7 Å². The second kappa shape index (κ2) is 6.23. The molecular formula is C15H17FN4O2. The molecule has 0 spiro atoms. The molecule has 0 bridgehead atoms. The molecule has 2 heterocycles. The fraction of sp³-hybridized carbons (Fsp3) is 0.400. The molecule has 1 aliphatic carbocycles. The van der Waals surface area contributed by atoms with Gasteiger partial charge >= 0.3 is 0 Å². The van der Waals surface area contributed by atoms with Gasteiger partial charge in [0.25, 0.3) is 5.91 Å². The van der Waals surface area contributed by atoms with Crippen LogP contribution in [0.1, 0.15) is 23.2 Å². The maximum atomic E-state index is 13.1. The van der Waals surface area contributed by atoms with Gasteiger partial charge in [-0.2, -0.15) is 0 Å². The summed E-state index contributed by atoms with van der Waals surface area (Å²) in [5.74, 6) is -0.711. The fourth-order valence-electron chi connectivity index (χ4n) is 2.90. The van der Waals surface area contributed by atoms with Crippen molar-refractivity contribution >= 4 is 5.91 Å². The Morgan fingerprint density at radius 2 is 2.27 bits per heavy atom. The van der Waals surface area contributed by atoms with Crippen molar-refractivity contribution in [3.05, 3.63) is 48.6 Å². The molecule has 0 saturated heterocycles. The second-order valence-corrected chi connectivity index (χ2v) is 5.64. The normalized spacial score (nSPS) is 24.4. The highest BCUT2D eigenvalue weighted by Crippen LogP contribution is 2.27. The second-order valence-electron chi connectivity index (χ2n) is 5.64. The quantitative estimate of drug-likeness (QED) is 0.882. The van der Waals surface area contributed by atoms with Crippen LogP contribution in [0.4, 0.5) is 4.39 Å². The largest absolute Gasteiger partial charge is 0.391 e. The highest BCUT2D eigenvalue weighted by atomic mass is 19.1. The summed E-state index contributed by atoms with van der Waals surface area (Å²) in [6.45, 7) is 0.755. The minimum atomic E-state index is -0.598. The summed E-state index contributed by atoms with van der Waals surface area (Å²) < 4.78 is 15.0. The summed E-state index contributed by atoms with van der Waals surface area (Å²) in [7, 11) is 0. The molecule has 0 aliphatic heterocycles. The molecule has 116 valence electrons. The maximum absolute atomic E-state index is 13.1. The van der Waals surface area contributed by atoms with Crippen LogP contribution in [0.5, 0.6) is 0 Å². The number of pyridine rings is 1. The molecule has 3 rings (SSSR count). The van der Waals surface area contributed by atoms with E-state index in [-0.39, 0.29) is 17.5 Å². The molecule has 6 nitrogen and oxygen atoms in total. The third-order valence-electron chi connectivity index (χ3n) is 3.94. The number of nitrogens with zero attached hydrogens (tertiary/aromatic N) is 3. The van der Waals surface area contributed by atoms with Crippen LogP contribution in [0.25, 0.3) is 0 Å². The first-order chi connectivity index (χ1) is 10.6.